The van der Waals surface area contributed by atoms with Gasteiger partial charge in [0.2, 0.25) is 5.91 Å². The van der Waals surface area contributed by atoms with Gasteiger partial charge in [-0.3, -0.25) is 4.79 Å². The zero-order chi connectivity index (χ0) is 22.5. The Hall–Kier alpha value is -2.89. The minimum atomic E-state index is -0.485. The van der Waals surface area contributed by atoms with Gasteiger partial charge in [-0.1, -0.05) is 72.3 Å². The van der Waals surface area contributed by atoms with Gasteiger partial charge in [-0.25, -0.2) is 4.68 Å². The van der Waals surface area contributed by atoms with Gasteiger partial charge in [0.1, 0.15) is 5.15 Å². The lowest BCUT2D eigenvalue weighted by Gasteiger charge is -2.33. The number of carbonyl (C=O) groups is 1. The highest BCUT2D eigenvalue weighted by Gasteiger charge is 2.27. The molecule has 6 heteroatoms. The second-order valence-electron chi connectivity index (χ2n) is 8.28. The quantitative estimate of drug-likeness (QED) is 0.546. The van der Waals surface area contributed by atoms with Crippen LogP contribution < -0.4 is 0 Å². The molecule has 1 unspecified atom stereocenters. The minimum Gasteiger partial charge on any atom is -0.388 e. The summed E-state index contributed by atoms with van der Waals surface area (Å²) in [6.45, 7) is 3.75. The molecule has 4 rings (SSSR count). The number of piperidine rings is 1. The van der Waals surface area contributed by atoms with Gasteiger partial charge in [-0.05, 0) is 42.9 Å². The van der Waals surface area contributed by atoms with E-state index in [-0.39, 0.29) is 11.8 Å². The van der Waals surface area contributed by atoms with E-state index >= 15 is 0 Å². The molecule has 2 heterocycles. The molecule has 0 saturated carbocycles. The third-order valence-corrected chi connectivity index (χ3v) is 6.51. The van der Waals surface area contributed by atoms with Crippen LogP contribution in [0, 0.1) is 12.8 Å². The van der Waals surface area contributed by atoms with E-state index in [9.17, 15) is 9.90 Å². The van der Waals surface area contributed by atoms with E-state index in [0.29, 0.717) is 24.8 Å². The molecular weight excluding hydrogens is 422 g/mol. The smallest absolute Gasteiger partial charge is 0.246 e. The van der Waals surface area contributed by atoms with Crippen LogP contribution in [0.25, 0.3) is 6.08 Å². The van der Waals surface area contributed by atoms with Crippen molar-refractivity contribution < 1.29 is 9.90 Å². The lowest BCUT2D eigenvalue weighted by molar-refractivity contribution is -0.127. The highest BCUT2D eigenvalue weighted by molar-refractivity contribution is 6.31. The number of halogens is 1. The number of aryl methyl sites for hydroxylation is 1. The van der Waals surface area contributed by atoms with Crippen LogP contribution in [0.3, 0.4) is 0 Å². The number of hydrogen-bond donors (Lipinski definition) is 1. The summed E-state index contributed by atoms with van der Waals surface area (Å²) in [5.41, 5.74) is 3.61. The Morgan fingerprint density at radius 3 is 2.41 bits per heavy atom. The Morgan fingerprint density at radius 1 is 1.12 bits per heavy atom. The maximum absolute atomic E-state index is 12.7. The molecule has 1 aliphatic heterocycles. The van der Waals surface area contributed by atoms with Crippen LogP contribution in [-0.4, -0.2) is 38.8 Å². The largest absolute Gasteiger partial charge is 0.388 e. The molecule has 1 atom stereocenters. The maximum atomic E-state index is 12.7. The van der Waals surface area contributed by atoms with E-state index in [1.807, 2.05) is 72.5 Å². The van der Waals surface area contributed by atoms with Gasteiger partial charge in [-0.2, -0.15) is 5.10 Å². The van der Waals surface area contributed by atoms with E-state index in [0.717, 1.165) is 35.2 Å². The van der Waals surface area contributed by atoms with Crippen molar-refractivity contribution in [2.45, 2.75) is 32.4 Å². The Kier molecular flexibility index (Phi) is 7.08. The SMILES string of the molecule is Cc1nn(Cc2ccccc2)c(Cl)c1C=CC(=O)N1CCC(C(O)c2ccccc2)CC1. The van der Waals surface area contributed by atoms with Crippen LogP contribution in [0.1, 0.15) is 41.3 Å². The molecule has 0 aliphatic carbocycles. The molecule has 1 amide bonds. The predicted octanol–water partition coefficient (Wildman–Crippen LogP) is 4.88. The number of aromatic nitrogens is 2. The number of likely N-dealkylation sites (tertiary alicyclic amines) is 1. The highest BCUT2D eigenvalue weighted by Crippen LogP contribution is 2.31. The van der Waals surface area contributed by atoms with E-state index in [1.165, 1.54) is 0 Å². The molecule has 1 aromatic heterocycles. The van der Waals surface area contributed by atoms with Crippen molar-refractivity contribution >= 4 is 23.6 Å². The molecule has 1 N–H and O–H groups in total. The summed E-state index contributed by atoms with van der Waals surface area (Å²) >= 11 is 6.56. The van der Waals surface area contributed by atoms with Crippen molar-refractivity contribution in [1.29, 1.82) is 0 Å². The van der Waals surface area contributed by atoms with E-state index in [2.05, 4.69) is 5.10 Å². The van der Waals surface area contributed by atoms with Crippen LogP contribution in [0.5, 0.6) is 0 Å². The molecule has 5 nitrogen and oxygen atoms in total. The summed E-state index contributed by atoms with van der Waals surface area (Å²) in [6.07, 6.45) is 4.42. The molecule has 1 fully saturated rings. The van der Waals surface area contributed by atoms with Crippen LogP contribution in [-0.2, 0) is 11.3 Å². The molecule has 0 radical (unpaired) electrons. The van der Waals surface area contributed by atoms with E-state index in [1.54, 1.807) is 16.8 Å². The fourth-order valence-electron chi connectivity index (χ4n) is 4.24. The number of hydrogen-bond acceptors (Lipinski definition) is 3. The first-order valence-electron chi connectivity index (χ1n) is 11.0. The third kappa shape index (κ3) is 5.12. The van der Waals surface area contributed by atoms with Gasteiger partial charge >= 0.3 is 0 Å². The van der Waals surface area contributed by atoms with E-state index < -0.39 is 6.10 Å². The van der Waals surface area contributed by atoms with Crippen LogP contribution in [0.4, 0.5) is 0 Å². The first kappa shape index (κ1) is 22.3. The maximum Gasteiger partial charge on any atom is 0.246 e. The fourth-order valence-corrected chi connectivity index (χ4v) is 4.53. The third-order valence-electron chi connectivity index (χ3n) is 6.12. The van der Waals surface area contributed by atoms with Gasteiger partial charge in [0, 0.05) is 24.7 Å². The Bertz CT molecular complexity index is 1070. The summed E-state index contributed by atoms with van der Waals surface area (Å²) in [4.78, 5) is 14.6. The summed E-state index contributed by atoms with van der Waals surface area (Å²) in [5, 5.41) is 15.7. The summed E-state index contributed by atoms with van der Waals surface area (Å²) in [7, 11) is 0. The second-order valence-corrected chi connectivity index (χ2v) is 8.64. The van der Waals surface area contributed by atoms with Crippen LogP contribution >= 0.6 is 11.6 Å². The summed E-state index contributed by atoms with van der Waals surface area (Å²) in [5.74, 6) is 0.127. The number of aliphatic hydroxyl groups excluding tert-OH is 1. The van der Waals surface area contributed by atoms with Crippen LogP contribution in [0.15, 0.2) is 66.7 Å². The Balaban J connectivity index is 1.36. The molecule has 1 aliphatic rings. The van der Waals surface area contributed by atoms with E-state index in [4.69, 9.17) is 11.6 Å². The number of nitrogens with zero attached hydrogens (tertiary/aromatic N) is 3. The summed E-state index contributed by atoms with van der Waals surface area (Å²) < 4.78 is 1.76. The average Bonchev–Trinajstić information content (AvgIpc) is 3.10. The number of amides is 1. The van der Waals surface area contributed by atoms with Crippen molar-refractivity contribution in [2.24, 2.45) is 5.92 Å². The molecule has 1 saturated heterocycles. The van der Waals surface area contributed by atoms with Gasteiger partial charge in [-0.15, -0.1) is 0 Å². The van der Waals surface area contributed by atoms with Crippen molar-refractivity contribution in [3.63, 3.8) is 0 Å². The van der Waals surface area contributed by atoms with Crippen molar-refractivity contribution in [1.82, 2.24) is 14.7 Å². The highest BCUT2D eigenvalue weighted by atomic mass is 35.5. The lowest BCUT2D eigenvalue weighted by Crippen LogP contribution is -2.38. The Labute approximate surface area is 193 Å². The molecule has 0 bridgehead atoms. The van der Waals surface area contributed by atoms with Gasteiger partial charge in [0.25, 0.3) is 0 Å². The molecule has 0 spiro atoms. The Morgan fingerprint density at radius 2 is 1.75 bits per heavy atom. The van der Waals surface area contributed by atoms with Crippen molar-refractivity contribution in [2.75, 3.05) is 13.1 Å². The normalized spacial score (nSPS) is 15.9. The number of rotatable bonds is 6. The zero-order valence-corrected chi connectivity index (χ0v) is 18.9. The average molecular weight is 450 g/mol. The predicted molar refractivity (Wildman–Crippen MR) is 127 cm³/mol. The summed E-state index contributed by atoms with van der Waals surface area (Å²) in [6, 6.07) is 19.8. The molecular formula is C26H28ClN3O2. The molecule has 166 valence electrons. The van der Waals surface area contributed by atoms with Crippen molar-refractivity contribution in [3.8, 4) is 0 Å². The molecule has 32 heavy (non-hydrogen) atoms. The zero-order valence-electron chi connectivity index (χ0n) is 18.2. The number of carbonyl (C=O) groups excluding carboxylic acids is 1. The first-order chi connectivity index (χ1) is 15.5. The monoisotopic (exact) mass is 449 g/mol. The van der Waals surface area contributed by atoms with Gasteiger partial charge in [0.05, 0.1) is 18.3 Å². The minimum absolute atomic E-state index is 0.0380. The number of benzene rings is 2. The second kappa shape index (κ2) is 10.2. The fraction of sp³-hybridized carbons (Fsp3) is 0.308. The number of aliphatic hydroxyl groups is 1. The van der Waals surface area contributed by atoms with Crippen molar-refractivity contribution in [3.05, 3.63) is 94.3 Å². The molecule has 2 aromatic carbocycles. The lowest BCUT2D eigenvalue weighted by atomic mass is 9.87. The van der Waals surface area contributed by atoms with Crippen LogP contribution in [0.2, 0.25) is 5.15 Å². The topological polar surface area (TPSA) is 58.4 Å². The van der Waals surface area contributed by atoms with Gasteiger partial charge < -0.3 is 10.0 Å². The van der Waals surface area contributed by atoms with Gasteiger partial charge in [0.15, 0.2) is 0 Å². The molecule has 3 aromatic rings. The first-order valence-corrected chi connectivity index (χ1v) is 11.4. The standard InChI is InChI=1S/C26H28ClN3O2/c1-19-23(26(27)30(28-19)18-20-8-4-2-5-9-20)12-13-24(31)29-16-14-22(15-17-29)25(32)21-10-6-3-7-11-21/h2-13,22,25,32H,14-18H2,1H3.